The Kier molecular flexibility index (Phi) is 6.32. The molecule has 1 saturated heterocycles. The minimum atomic E-state index is -0.438. The van der Waals surface area contributed by atoms with Crippen molar-refractivity contribution in [3.8, 4) is 5.75 Å². The summed E-state index contributed by atoms with van der Waals surface area (Å²) in [5.41, 5.74) is 0.709. The molecule has 122 valence electrons. The van der Waals surface area contributed by atoms with Gasteiger partial charge in [-0.2, -0.15) is 0 Å². The third kappa shape index (κ3) is 5.51. The highest BCUT2D eigenvalue weighted by Crippen LogP contribution is 2.19. The van der Waals surface area contributed by atoms with Gasteiger partial charge in [-0.25, -0.2) is 4.79 Å². The highest BCUT2D eigenvalue weighted by molar-refractivity contribution is 6.32. The standard InChI is InChI=1S/C16H21BN2O4/c1-18-15(20)11-23-16(21)19-8-6-12(7-9-19)10-22-14-4-2-13(17)3-5-14/h2-5,12H,6-11H2,1H3,(H,18,20). The summed E-state index contributed by atoms with van der Waals surface area (Å²) in [4.78, 5) is 24.5. The Bertz CT molecular complexity index is 527. The molecule has 23 heavy (non-hydrogen) atoms. The summed E-state index contributed by atoms with van der Waals surface area (Å²) in [7, 11) is 7.13. The normalized spacial score (nSPS) is 15.1. The van der Waals surface area contributed by atoms with E-state index in [-0.39, 0.29) is 12.5 Å². The van der Waals surface area contributed by atoms with Crippen LogP contribution in [0.3, 0.4) is 0 Å². The van der Waals surface area contributed by atoms with E-state index in [9.17, 15) is 9.59 Å². The maximum Gasteiger partial charge on any atom is 0.410 e. The molecule has 1 fully saturated rings. The van der Waals surface area contributed by atoms with Crippen LogP contribution < -0.4 is 15.5 Å². The lowest BCUT2D eigenvalue weighted by atomic mass is 9.96. The van der Waals surface area contributed by atoms with Gasteiger partial charge in [0.25, 0.3) is 5.91 Å². The van der Waals surface area contributed by atoms with E-state index < -0.39 is 6.09 Å². The molecule has 0 bridgehead atoms. The Morgan fingerprint density at radius 3 is 2.52 bits per heavy atom. The van der Waals surface area contributed by atoms with E-state index in [2.05, 4.69) is 5.32 Å². The molecule has 6 nitrogen and oxygen atoms in total. The quantitative estimate of drug-likeness (QED) is 0.801. The monoisotopic (exact) mass is 316 g/mol. The van der Waals surface area contributed by atoms with E-state index in [0.717, 1.165) is 18.6 Å². The molecule has 1 N–H and O–H groups in total. The number of nitrogens with one attached hydrogen (secondary N) is 1. The SMILES string of the molecule is [B]c1ccc(OCC2CCN(C(=O)OCC(=O)NC)CC2)cc1. The number of likely N-dealkylation sites (tertiary alicyclic amines) is 1. The minimum Gasteiger partial charge on any atom is -0.493 e. The van der Waals surface area contributed by atoms with E-state index in [1.165, 1.54) is 7.05 Å². The molecule has 1 aromatic rings. The maximum atomic E-state index is 11.8. The second kappa shape index (κ2) is 8.46. The molecule has 0 atom stereocenters. The zero-order valence-corrected chi connectivity index (χ0v) is 13.3. The van der Waals surface area contributed by atoms with Crippen LogP contribution in [0, 0.1) is 5.92 Å². The smallest absolute Gasteiger partial charge is 0.410 e. The first-order valence-corrected chi connectivity index (χ1v) is 7.69. The van der Waals surface area contributed by atoms with Crippen LogP contribution in [-0.2, 0) is 9.53 Å². The third-order valence-corrected chi connectivity index (χ3v) is 3.84. The van der Waals surface area contributed by atoms with Crippen molar-refractivity contribution in [2.45, 2.75) is 12.8 Å². The molecule has 2 radical (unpaired) electrons. The highest BCUT2D eigenvalue weighted by Gasteiger charge is 2.24. The van der Waals surface area contributed by atoms with Crippen LogP contribution in [0.1, 0.15) is 12.8 Å². The van der Waals surface area contributed by atoms with Crippen molar-refractivity contribution in [3.05, 3.63) is 24.3 Å². The number of amides is 2. The molecule has 0 unspecified atom stereocenters. The van der Waals surface area contributed by atoms with Gasteiger partial charge >= 0.3 is 6.09 Å². The molecule has 1 heterocycles. The van der Waals surface area contributed by atoms with Gasteiger partial charge in [-0.05, 0) is 30.9 Å². The van der Waals surface area contributed by atoms with Crippen molar-refractivity contribution >= 4 is 25.3 Å². The van der Waals surface area contributed by atoms with Crippen LogP contribution in [0.25, 0.3) is 0 Å². The molecule has 2 amide bonds. The number of benzene rings is 1. The van der Waals surface area contributed by atoms with Crippen molar-refractivity contribution < 1.29 is 19.1 Å². The zero-order valence-electron chi connectivity index (χ0n) is 13.3. The van der Waals surface area contributed by atoms with Crippen molar-refractivity contribution in [1.29, 1.82) is 0 Å². The van der Waals surface area contributed by atoms with Crippen LogP contribution in [0.2, 0.25) is 0 Å². The fraction of sp³-hybridized carbons (Fsp3) is 0.500. The van der Waals surface area contributed by atoms with Gasteiger partial charge in [0.2, 0.25) is 0 Å². The van der Waals surface area contributed by atoms with Crippen LogP contribution in [-0.4, -0.2) is 58.1 Å². The van der Waals surface area contributed by atoms with Gasteiger partial charge in [0.05, 0.1) is 6.61 Å². The summed E-state index contributed by atoms with van der Waals surface area (Å²) >= 11 is 0. The second-order valence-electron chi connectivity index (χ2n) is 5.54. The predicted octanol–water partition coefficient (Wildman–Crippen LogP) is 0.454. The van der Waals surface area contributed by atoms with Gasteiger partial charge in [-0.1, -0.05) is 17.6 Å². The van der Waals surface area contributed by atoms with Crippen molar-refractivity contribution in [2.75, 3.05) is 33.4 Å². The number of hydrogen-bond donors (Lipinski definition) is 1. The summed E-state index contributed by atoms with van der Waals surface area (Å²) in [6.45, 7) is 1.60. The number of ether oxygens (including phenoxy) is 2. The van der Waals surface area contributed by atoms with Crippen molar-refractivity contribution in [1.82, 2.24) is 10.2 Å². The number of rotatable bonds is 5. The number of likely N-dealkylation sites (N-methyl/N-ethyl adjacent to an activating group) is 1. The maximum absolute atomic E-state index is 11.8. The Morgan fingerprint density at radius 1 is 1.26 bits per heavy atom. The first-order valence-electron chi connectivity index (χ1n) is 7.69. The molecule has 0 aromatic heterocycles. The largest absolute Gasteiger partial charge is 0.493 e. The van der Waals surface area contributed by atoms with E-state index in [1.54, 1.807) is 17.0 Å². The lowest BCUT2D eigenvalue weighted by Crippen LogP contribution is -2.41. The number of carbonyl (C=O) groups is 2. The Labute approximate surface area is 137 Å². The lowest BCUT2D eigenvalue weighted by Gasteiger charge is -2.31. The molecule has 0 saturated carbocycles. The van der Waals surface area contributed by atoms with Crippen LogP contribution in [0.4, 0.5) is 4.79 Å². The molecule has 0 aliphatic carbocycles. The van der Waals surface area contributed by atoms with Gasteiger partial charge < -0.3 is 19.7 Å². The molecular weight excluding hydrogens is 295 g/mol. The first kappa shape index (κ1) is 17.2. The molecule has 1 aliphatic heterocycles. The highest BCUT2D eigenvalue weighted by atomic mass is 16.6. The molecule has 1 aromatic carbocycles. The average Bonchev–Trinajstić information content (AvgIpc) is 2.59. The number of nitrogens with zero attached hydrogens (tertiary/aromatic N) is 1. The number of carbonyl (C=O) groups excluding carboxylic acids is 2. The number of hydrogen-bond acceptors (Lipinski definition) is 4. The molecule has 2 rings (SSSR count). The summed E-state index contributed by atoms with van der Waals surface area (Å²) in [5.74, 6) is 0.882. The Morgan fingerprint density at radius 2 is 1.91 bits per heavy atom. The molecule has 1 aliphatic rings. The molecule has 0 spiro atoms. The van der Waals surface area contributed by atoms with Gasteiger partial charge in [0, 0.05) is 20.1 Å². The Hall–Kier alpha value is -2.18. The van der Waals surface area contributed by atoms with Crippen LogP contribution >= 0.6 is 0 Å². The average molecular weight is 316 g/mol. The van der Waals surface area contributed by atoms with E-state index >= 15 is 0 Å². The summed E-state index contributed by atoms with van der Waals surface area (Å²) in [5, 5.41) is 2.41. The Balaban J connectivity index is 1.68. The molecular formula is C16H21BN2O4. The lowest BCUT2D eigenvalue weighted by molar-refractivity contribution is -0.123. The molecule has 7 heteroatoms. The summed E-state index contributed by atoms with van der Waals surface area (Å²) in [6, 6.07) is 7.31. The van der Waals surface area contributed by atoms with E-state index in [0.29, 0.717) is 31.1 Å². The topological polar surface area (TPSA) is 67.9 Å². The van der Waals surface area contributed by atoms with Crippen molar-refractivity contribution in [2.24, 2.45) is 5.92 Å². The fourth-order valence-corrected chi connectivity index (χ4v) is 2.35. The second-order valence-corrected chi connectivity index (χ2v) is 5.54. The third-order valence-electron chi connectivity index (χ3n) is 3.84. The number of piperidine rings is 1. The predicted molar refractivity (Wildman–Crippen MR) is 87.0 cm³/mol. The van der Waals surface area contributed by atoms with E-state index in [4.69, 9.17) is 17.3 Å². The van der Waals surface area contributed by atoms with Crippen molar-refractivity contribution in [3.63, 3.8) is 0 Å². The summed E-state index contributed by atoms with van der Waals surface area (Å²) < 4.78 is 10.7. The zero-order chi connectivity index (χ0) is 16.7. The van der Waals surface area contributed by atoms with Gasteiger partial charge in [-0.3, -0.25) is 4.79 Å². The van der Waals surface area contributed by atoms with Gasteiger partial charge in [0.1, 0.15) is 13.6 Å². The van der Waals surface area contributed by atoms with Crippen LogP contribution in [0.5, 0.6) is 5.75 Å². The van der Waals surface area contributed by atoms with Crippen LogP contribution in [0.15, 0.2) is 24.3 Å². The van der Waals surface area contributed by atoms with Gasteiger partial charge in [0.15, 0.2) is 6.61 Å². The fourth-order valence-electron chi connectivity index (χ4n) is 2.35. The van der Waals surface area contributed by atoms with Gasteiger partial charge in [-0.15, -0.1) is 0 Å². The summed E-state index contributed by atoms with van der Waals surface area (Å²) in [6.07, 6.45) is 1.26. The first-order chi connectivity index (χ1) is 11.1. The minimum absolute atomic E-state index is 0.241. The van der Waals surface area contributed by atoms with E-state index in [1.807, 2.05) is 12.1 Å².